The Morgan fingerprint density at radius 2 is 2.20 bits per heavy atom. The van der Waals surface area contributed by atoms with Crippen LogP contribution in [-0.4, -0.2) is 18.0 Å². The molecule has 2 rings (SSSR count). The lowest BCUT2D eigenvalue weighted by molar-refractivity contribution is -0.123. The fourth-order valence-corrected chi connectivity index (χ4v) is 2.60. The molecule has 1 aromatic rings. The van der Waals surface area contributed by atoms with Gasteiger partial charge < -0.3 is 10.1 Å². The number of nitrogens with two attached hydrogens (primary N) is 1. The zero-order valence-electron chi connectivity index (χ0n) is 14.7. The number of fused-ring (bicyclic) bond motifs is 1. The number of ether oxygens (including phenoxy) is 1. The van der Waals surface area contributed by atoms with E-state index in [1.807, 2.05) is 0 Å². The van der Waals surface area contributed by atoms with E-state index in [0.29, 0.717) is 12.0 Å². The first-order valence-electron chi connectivity index (χ1n) is 8.30. The van der Waals surface area contributed by atoms with Crippen molar-refractivity contribution in [3.63, 3.8) is 0 Å². The number of halogens is 1. The molecular weight excluding hydrogens is 327 g/mol. The molecule has 0 spiro atoms. The van der Waals surface area contributed by atoms with Gasteiger partial charge >= 0.3 is 6.09 Å². The van der Waals surface area contributed by atoms with Crippen molar-refractivity contribution in [3.8, 4) is 5.75 Å². The quantitative estimate of drug-likeness (QED) is 0.342. The molecule has 7 nitrogen and oxygen atoms in total. The van der Waals surface area contributed by atoms with Gasteiger partial charge in [0.2, 0.25) is 0 Å². The average molecular weight is 352 g/mol. The topological polar surface area (TPSA) is 105 Å². The molecule has 0 bridgehead atoms. The van der Waals surface area contributed by atoms with E-state index < -0.39 is 24.1 Å². The van der Waals surface area contributed by atoms with Crippen LogP contribution in [0.4, 0.5) is 9.18 Å². The molecule has 2 atom stereocenters. The average Bonchev–Trinajstić information content (AvgIpc) is 2.57. The standard InChI is InChI=1S/C17H25FN4O3/c1-4-17(2,3)8-7-12(15(23)22-19)20-14-11-6-5-10(18)9-13(11)25-16(24)21-14/h5-6,9,12,14,20H,4,7-8,19H2,1-3H3,(H,21,24)(H,22,23)/t12-,14?/m0/s1. The molecule has 1 unspecified atom stereocenters. The highest BCUT2D eigenvalue weighted by Gasteiger charge is 2.31. The number of nitrogens with one attached hydrogen (secondary N) is 3. The third kappa shape index (κ3) is 4.90. The van der Waals surface area contributed by atoms with Crippen LogP contribution in [-0.2, 0) is 4.79 Å². The van der Waals surface area contributed by atoms with E-state index >= 15 is 0 Å². The van der Waals surface area contributed by atoms with Crippen molar-refractivity contribution in [2.45, 2.75) is 52.2 Å². The van der Waals surface area contributed by atoms with E-state index in [1.165, 1.54) is 12.1 Å². The van der Waals surface area contributed by atoms with E-state index in [9.17, 15) is 14.0 Å². The van der Waals surface area contributed by atoms with Crippen LogP contribution in [0.3, 0.4) is 0 Å². The normalized spacial score (nSPS) is 18.0. The van der Waals surface area contributed by atoms with Crippen LogP contribution in [0, 0.1) is 11.2 Å². The maximum absolute atomic E-state index is 13.4. The molecule has 1 aliphatic heterocycles. The van der Waals surface area contributed by atoms with Crippen molar-refractivity contribution in [2.24, 2.45) is 11.3 Å². The first-order valence-corrected chi connectivity index (χ1v) is 8.30. The van der Waals surface area contributed by atoms with Crippen LogP contribution in [0.25, 0.3) is 0 Å². The van der Waals surface area contributed by atoms with Crippen molar-refractivity contribution in [3.05, 3.63) is 29.6 Å². The van der Waals surface area contributed by atoms with E-state index in [1.54, 1.807) is 0 Å². The number of hydrogen-bond donors (Lipinski definition) is 4. The third-order valence-corrected chi connectivity index (χ3v) is 4.64. The maximum atomic E-state index is 13.4. The van der Waals surface area contributed by atoms with Gasteiger partial charge in [-0.1, -0.05) is 27.2 Å². The zero-order valence-corrected chi connectivity index (χ0v) is 14.7. The molecule has 8 heteroatoms. The van der Waals surface area contributed by atoms with Gasteiger partial charge in [0, 0.05) is 11.6 Å². The summed E-state index contributed by atoms with van der Waals surface area (Å²) in [6.45, 7) is 6.34. The molecule has 5 N–H and O–H groups in total. The van der Waals surface area contributed by atoms with E-state index in [2.05, 4.69) is 36.8 Å². The number of hydrogen-bond acceptors (Lipinski definition) is 5. The van der Waals surface area contributed by atoms with E-state index in [-0.39, 0.29) is 17.1 Å². The van der Waals surface area contributed by atoms with Crippen LogP contribution < -0.4 is 26.6 Å². The molecule has 1 heterocycles. The number of benzene rings is 1. The number of amides is 2. The van der Waals surface area contributed by atoms with Crippen LogP contribution in [0.1, 0.15) is 51.8 Å². The van der Waals surface area contributed by atoms with Gasteiger partial charge in [-0.3, -0.25) is 15.5 Å². The minimum atomic E-state index is -0.712. The molecule has 138 valence electrons. The fourth-order valence-electron chi connectivity index (χ4n) is 2.60. The summed E-state index contributed by atoms with van der Waals surface area (Å²) in [5, 5.41) is 5.68. The lowest BCUT2D eigenvalue weighted by atomic mass is 9.83. The molecule has 0 aromatic heterocycles. The Labute approximate surface area is 146 Å². The largest absolute Gasteiger partial charge is 0.414 e. The molecule has 0 saturated heterocycles. The Morgan fingerprint density at radius 1 is 1.48 bits per heavy atom. The molecular formula is C17H25FN4O3. The second-order valence-corrected chi connectivity index (χ2v) is 6.93. The SMILES string of the molecule is CCC(C)(C)CC[C@H](NC1NC(=O)Oc2cc(F)ccc21)C(=O)NN. The molecule has 0 radical (unpaired) electrons. The van der Waals surface area contributed by atoms with Gasteiger partial charge in [0.25, 0.3) is 5.91 Å². The van der Waals surface area contributed by atoms with Gasteiger partial charge in [-0.05, 0) is 30.4 Å². The Balaban J connectivity index is 2.18. The highest BCUT2D eigenvalue weighted by Crippen LogP contribution is 2.30. The molecule has 0 aliphatic carbocycles. The summed E-state index contributed by atoms with van der Waals surface area (Å²) in [7, 11) is 0. The smallest absolute Gasteiger partial charge is 0.410 e. The van der Waals surface area contributed by atoms with Crippen molar-refractivity contribution in [1.82, 2.24) is 16.1 Å². The monoisotopic (exact) mass is 352 g/mol. The highest BCUT2D eigenvalue weighted by molar-refractivity contribution is 5.81. The Hall–Kier alpha value is -2.19. The van der Waals surface area contributed by atoms with Crippen molar-refractivity contribution in [2.75, 3.05) is 0 Å². The van der Waals surface area contributed by atoms with Gasteiger partial charge in [-0.15, -0.1) is 0 Å². The number of carbonyl (C=O) groups is 2. The number of hydrazine groups is 1. The lowest BCUT2D eigenvalue weighted by Gasteiger charge is -2.31. The summed E-state index contributed by atoms with van der Waals surface area (Å²) in [6.07, 6.45) is 0.913. The summed E-state index contributed by atoms with van der Waals surface area (Å²) in [6, 6.07) is 3.31. The zero-order chi connectivity index (χ0) is 18.6. The van der Waals surface area contributed by atoms with Gasteiger partial charge in [0.15, 0.2) is 0 Å². The van der Waals surface area contributed by atoms with Crippen molar-refractivity contribution in [1.29, 1.82) is 0 Å². The minimum absolute atomic E-state index is 0.0781. The van der Waals surface area contributed by atoms with Crippen molar-refractivity contribution < 1.29 is 18.7 Å². The minimum Gasteiger partial charge on any atom is -0.410 e. The summed E-state index contributed by atoms with van der Waals surface area (Å²) in [4.78, 5) is 23.8. The van der Waals surface area contributed by atoms with E-state index in [4.69, 9.17) is 10.6 Å². The second kappa shape index (κ2) is 7.79. The molecule has 2 amide bonds. The molecule has 1 aliphatic rings. The van der Waals surface area contributed by atoms with Crippen LogP contribution >= 0.6 is 0 Å². The molecule has 1 aromatic carbocycles. The molecule has 25 heavy (non-hydrogen) atoms. The Bertz CT molecular complexity index is 651. The fraction of sp³-hybridized carbons (Fsp3) is 0.529. The summed E-state index contributed by atoms with van der Waals surface area (Å²) >= 11 is 0. The predicted molar refractivity (Wildman–Crippen MR) is 90.9 cm³/mol. The van der Waals surface area contributed by atoms with Gasteiger partial charge in [0.1, 0.15) is 17.7 Å². The third-order valence-electron chi connectivity index (χ3n) is 4.64. The summed E-state index contributed by atoms with van der Waals surface area (Å²) in [5.74, 6) is 4.53. The van der Waals surface area contributed by atoms with E-state index in [0.717, 1.165) is 18.9 Å². The first-order chi connectivity index (χ1) is 11.8. The number of carbonyl (C=O) groups excluding carboxylic acids is 2. The summed E-state index contributed by atoms with van der Waals surface area (Å²) in [5.41, 5.74) is 2.77. The van der Waals surface area contributed by atoms with Crippen molar-refractivity contribution >= 4 is 12.0 Å². The maximum Gasteiger partial charge on any atom is 0.414 e. The van der Waals surface area contributed by atoms with Crippen LogP contribution in [0.5, 0.6) is 5.75 Å². The van der Waals surface area contributed by atoms with Crippen LogP contribution in [0.15, 0.2) is 18.2 Å². The van der Waals surface area contributed by atoms with Gasteiger partial charge in [-0.2, -0.15) is 0 Å². The lowest BCUT2D eigenvalue weighted by Crippen LogP contribution is -2.53. The highest BCUT2D eigenvalue weighted by atomic mass is 19.1. The first kappa shape index (κ1) is 19.1. The van der Waals surface area contributed by atoms with Crippen LogP contribution in [0.2, 0.25) is 0 Å². The Kier molecular flexibility index (Phi) is 5.97. The summed E-state index contributed by atoms with van der Waals surface area (Å²) < 4.78 is 18.4. The second-order valence-electron chi connectivity index (χ2n) is 6.93. The Morgan fingerprint density at radius 3 is 2.84 bits per heavy atom. The molecule has 0 fully saturated rings. The molecule has 0 saturated carbocycles. The van der Waals surface area contributed by atoms with Gasteiger partial charge in [-0.25, -0.2) is 15.0 Å². The predicted octanol–water partition coefficient (Wildman–Crippen LogP) is 2.09. The number of rotatable bonds is 7. The van der Waals surface area contributed by atoms with Gasteiger partial charge in [0.05, 0.1) is 6.04 Å².